The molecule has 0 amide bonds. The Hall–Kier alpha value is -3.19. The number of methoxy groups -OCH3 is 1. The van der Waals surface area contributed by atoms with Gasteiger partial charge in [-0.2, -0.15) is 0 Å². The lowest BCUT2D eigenvalue weighted by Crippen LogP contribution is -2.29. The number of hydrogen-bond donors (Lipinski definition) is 1. The predicted molar refractivity (Wildman–Crippen MR) is 127 cm³/mol. The van der Waals surface area contributed by atoms with E-state index in [9.17, 15) is 4.79 Å². The zero-order valence-electron chi connectivity index (χ0n) is 19.6. The van der Waals surface area contributed by atoms with Gasteiger partial charge in [-0.1, -0.05) is 6.07 Å². The summed E-state index contributed by atoms with van der Waals surface area (Å²) >= 11 is 0. The van der Waals surface area contributed by atoms with Crippen molar-refractivity contribution in [3.63, 3.8) is 0 Å². The summed E-state index contributed by atoms with van der Waals surface area (Å²) < 4.78 is 24.5. The number of hydrogen-bond acceptors (Lipinski definition) is 6. The van der Waals surface area contributed by atoms with Crippen LogP contribution in [0.25, 0.3) is 10.9 Å². The molecule has 1 aliphatic heterocycles. The topological polar surface area (TPSA) is 71.0 Å². The van der Waals surface area contributed by atoms with E-state index >= 15 is 0 Å². The van der Waals surface area contributed by atoms with Gasteiger partial charge < -0.3 is 24.3 Å². The van der Waals surface area contributed by atoms with Gasteiger partial charge in [0.05, 0.1) is 11.6 Å². The molecule has 7 nitrogen and oxygen atoms in total. The summed E-state index contributed by atoms with van der Waals surface area (Å²) in [6, 6.07) is 11.9. The maximum Gasteiger partial charge on any atom is 0.419 e. The Balaban J connectivity index is 1.55. The van der Waals surface area contributed by atoms with Crippen LogP contribution in [0, 0.1) is 0 Å². The van der Waals surface area contributed by atoms with Gasteiger partial charge in [0.2, 0.25) is 0 Å². The highest BCUT2D eigenvalue weighted by Crippen LogP contribution is 2.37. The van der Waals surface area contributed by atoms with Crippen molar-refractivity contribution in [3.8, 4) is 11.5 Å². The first kappa shape index (κ1) is 21.6. The van der Waals surface area contributed by atoms with E-state index in [1.807, 2.05) is 51.1 Å². The van der Waals surface area contributed by atoms with E-state index in [2.05, 4.69) is 11.4 Å². The summed E-state index contributed by atoms with van der Waals surface area (Å²) in [7, 11) is 1.75. The Morgan fingerprint density at radius 1 is 1.06 bits per heavy atom. The first-order chi connectivity index (χ1) is 15.8. The zero-order valence-corrected chi connectivity index (χ0v) is 19.6. The lowest BCUT2D eigenvalue weighted by Gasteiger charge is -2.24. The Bertz CT molecular complexity index is 1210. The lowest BCUT2D eigenvalue weighted by atomic mass is 9.93. The van der Waals surface area contributed by atoms with Crippen molar-refractivity contribution in [2.24, 2.45) is 0 Å². The van der Waals surface area contributed by atoms with Crippen molar-refractivity contribution in [2.75, 3.05) is 25.6 Å². The summed E-state index contributed by atoms with van der Waals surface area (Å²) in [5.74, 6) is 1.48. The second kappa shape index (κ2) is 8.30. The third-order valence-corrected chi connectivity index (χ3v) is 6.06. The average molecular weight is 451 g/mol. The molecule has 1 atom stereocenters. The summed E-state index contributed by atoms with van der Waals surface area (Å²) in [5.41, 5.74) is 4.21. The number of carbonyl (C=O) groups excluding carboxylic acids is 1. The van der Waals surface area contributed by atoms with Crippen molar-refractivity contribution in [3.05, 3.63) is 47.7 Å². The van der Waals surface area contributed by atoms with Gasteiger partial charge in [-0.05, 0) is 63.4 Å². The van der Waals surface area contributed by atoms with Crippen LogP contribution in [0.15, 0.2) is 36.4 Å². The molecular weight excluding hydrogens is 420 g/mol. The van der Waals surface area contributed by atoms with E-state index in [4.69, 9.17) is 18.9 Å². The molecule has 0 saturated heterocycles. The van der Waals surface area contributed by atoms with Gasteiger partial charge in [-0.25, -0.2) is 9.36 Å². The minimum Gasteiger partial charge on any atom is -0.486 e. The summed E-state index contributed by atoms with van der Waals surface area (Å²) in [4.78, 5) is 13.2. The molecule has 1 unspecified atom stereocenters. The molecule has 2 aliphatic rings. The van der Waals surface area contributed by atoms with E-state index < -0.39 is 5.60 Å². The quantitative estimate of drug-likeness (QED) is 0.573. The molecule has 0 saturated carbocycles. The van der Waals surface area contributed by atoms with Crippen molar-refractivity contribution >= 4 is 28.4 Å². The van der Waals surface area contributed by atoms with Crippen LogP contribution < -0.4 is 14.8 Å². The molecule has 7 heteroatoms. The summed E-state index contributed by atoms with van der Waals surface area (Å²) in [6.07, 6.45) is 2.25. The monoisotopic (exact) mass is 450 g/mol. The normalized spacial score (nSPS) is 17.5. The smallest absolute Gasteiger partial charge is 0.419 e. The van der Waals surface area contributed by atoms with E-state index in [1.165, 1.54) is 5.56 Å². The second-order valence-electron chi connectivity index (χ2n) is 9.56. The molecule has 0 spiro atoms. The molecule has 0 fully saturated rings. The van der Waals surface area contributed by atoms with Crippen LogP contribution in [0.1, 0.15) is 38.4 Å². The SMILES string of the molecule is COC1CCc2c(c3ccc(Nc4ccc5c(c4)OCCO5)cc3n2C(=O)OC(C)(C)C)C1. The number of anilines is 2. The van der Waals surface area contributed by atoms with Crippen molar-refractivity contribution in [2.45, 2.75) is 51.7 Å². The number of nitrogens with zero attached hydrogens (tertiary/aromatic N) is 1. The zero-order chi connectivity index (χ0) is 23.2. The van der Waals surface area contributed by atoms with E-state index in [0.717, 1.165) is 58.7 Å². The molecule has 0 radical (unpaired) electrons. The van der Waals surface area contributed by atoms with Crippen molar-refractivity contribution in [1.29, 1.82) is 0 Å². The van der Waals surface area contributed by atoms with E-state index in [1.54, 1.807) is 11.7 Å². The molecule has 1 N–H and O–H groups in total. The molecule has 5 rings (SSSR count). The van der Waals surface area contributed by atoms with Crippen LogP contribution in [-0.4, -0.2) is 42.7 Å². The van der Waals surface area contributed by atoms with E-state index in [0.29, 0.717) is 13.2 Å². The Morgan fingerprint density at radius 2 is 1.79 bits per heavy atom. The molecule has 174 valence electrons. The van der Waals surface area contributed by atoms with E-state index in [-0.39, 0.29) is 12.2 Å². The van der Waals surface area contributed by atoms with Gasteiger partial charge in [0, 0.05) is 42.1 Å². The van der Waals surface area contributed by atoms with Crippen LogP contribution in [0.5, 0.6) is 11.5 Å². The minimum absolute atomic E-state index is 0.158. The number of fused-ring (bicyclic) bond motifs is 4. The number of carbonyl (C=O) groups is 1. The first-order valence-electron chi connectivity index (χ1n) is 11.4. The Kier molecular flexibility index (Phi) is 5.44. The minimum atomic E-state index is -0.578. The molecule has 33 heavy (non-hydrogen) atoms. The fourth-order valence-corrected chi connectivity index (χ4v) is 4.61. The standard InChI is InChI=1S/C26H30N2O5/c1-26(2,3)33-25(29)28-21-9-7-18(30-4)15-20(21)19-8-5-16(13-22(19)28)27-17-6-10-23-24(14-17)32-12-11-31-23/h5-6,8,10,13-14,18,27H,7,9,11-12,15H2,1-4H3. The van der Waals surface area contributed by atoms with Gasteiger partial charge in [0.25, 0.3) is 0 Å². The number of rotatable bonds is 3. The molecule has 2 heterocycles. The first-order valence-corrected chi connectivity index (χ1v) is 11.4. The van der Waals surface area contributed by atoms with Crippen LogP contribution in [-0.2, 0) is 22.3 Å². The van der Waals surface area contributed by atoms with Gasteiger partial charge in [-0.15, -0.1) is 0 Å². The maximum atomic E-state index is 13.2. The van der Waals surface area contributed by atoms with Crippen LogP contribution in [0.4, 0.5) is 16.2 Å². The van der Waals surface area contributed by atoms with Crippen LogP contribution in [0.2, 0.25) is 0 Å². The summed E-state index contributed by atoms with van der Waals surface area (Å²) in [6.45, 7) is 6.77. The Labute approximate surface area is 193 Å². The van der Waals surface area contributed by atoms with Gasteiger partial charge >= 0.3 is 6.09 Å². The molecule has 1 aromatic heterocycles. The number of ether oxygens (including phenoxy) is 4. The fourth-order valence-electron chi connectivity index (χ4n) is 4.61. The highest BCUT2D eigenvalue weighted by atomic mass is 16.6. The fraction of sp³-hybridized carbons (Fsp3) is 0.423. The van der Waals surface area contributed by atoms with Gasteiger partial charge in [0.15, 0.2) is 11.5 Å². The van der Waals surface area contributed by atoms with Crippen molar-refractivity contribution < 1.29 is 23.7 Å². The van der Waals surface area contributed by atoms with Crippen molar-refractivity contribution in [1.82, 2.24) is 4.57 Å². The maximum absolute atomic E-state index is 13.2. The molecular formula is C26H30N2O5. The Morgan fingerprint density at radius 3 is 2.55 bits per heavy atom. The number of aromatic nitrogens is 1. The lowest BCUT2D eigenvalue weighted by molar-refractivity contribution is 0.0531. The van der Waals surface area contributed by atoms with Crippen LogP contribution >= 0.6 is 0 Å². The molecule has 0 bridgehead atoms. The average Bonchev–Trinajstić information content (AvgIpc) is 3.10. The van der Waals surface area contributed by atoms with Gasteiger partial charge in [-0.3, -0.25) is 0 Å². The number of nitrogens with one attached hydrogen (secondary N) is 1. The summed E-state index contributed by atoms with van der Waals surface area (Å²) in [5, 5.41) is 4.50. The number of benzene rings is 2. The second-order valence-corrected chi connectivity index (χ2v) is 9.56. The highest BCUT2D eigenvalue weighted by molar-refractivity contribution is 5.96. The van der Waals surface area contributed by atoms with Crippen LogP contribution in [0.3, 0.4) is 0 Å². The predicted octanol–water partition coefficient (Wildman–Crippen LogP) is 5.44. The largest absolute Gasteiger partial charge is 0.486 e. The molecule has 1 aliphatic carbocycles. The van der Waals surface area contributed by atoms with Gasteiger partial charge in [0.1, 0.15) is 18.8 Å². The third kappa shape index (κ3) is 4.25. The third-order valence-electron chi connectivity index (χ3n) is 6.06. The highest BCUT2D eigenvalue weighted by Gasteiger charge is 2.30. The molecule has 2 aromatic carbocycles. The molecule has 3 aromatic rings.